The number of hydrogen-bond acceptors (Lipinski definition) is 3. The zero-order chi connectivity index (χ0) is 8.27. The summed E-state index contributed by atoms with van der Waals surface area (Å²) >= 11 is 1.59. The maximum atomic E-state index is 10.3. The Morgan fingerprint density at radius 3 is 2.82 bits per heavy atom. The third kappa shape index (κ3) is 1.80. The second-order valence-electron chi connectivity index (χ2n) is 2.21. The highest BCUT2D eigenvalue weighted by molar-refractivity contribution is 7.98. The number of carbonyl (C=O) groups is 1. The first kappa shape index (κ1) is 8.27. The predicted octanol–water partition coefficient (Wildman–Crippen LogP) is 1.92. The summed E-state index contributed by atoms with van der Waals surface area (Å²) in [4.78, 5) is 14.4. The molecule has 0 atom stereocenters. The van der Waals surface area contributed by atoms with E-state index in [1.54, 1.807) is 18.0 Å². The van der Waals surface area contributed by atoms with Crippen LogP contribution in [-0.2, 0) is 0 Å². The molecular formula is C8H9NOS. The highest BCUT2D eigenvalue weighted by Crippen LogP contribution is 2.16. The Hall–Kier alpha value is -0.830. The topological polar surface area (TPSA) is 30.0 Å². The fourth-order valence-electron chi connectivity index (χ4n) is 0.862. The van der Waals surface area contributed by atoms with E-state index in [4.69, 9.17) is 0 Å². The van der Waals surface area contributed by atoms with Crippen LogP contribution >= 0.6 is 11.8 Å². The minimum absolute atomic E-state index is 0.639. The van der Waals surface area contributed by atoms with Crippen LogP contribution in [0.1, 0.15) is 15.9 Å². The lowest BCUT2D eigenvalue weighted by Crippen LogP contribution is -1.88. The van der Waals surface area contributed by atoms with Crippen LogP contribution in [0.2, 0.25) is 0 Å². The molecule has 1 rings (SSSR count). The SMILES string of the molecule is CSc1ncc(C=O)cc1C. The second-order valence-corrected chi connectivity index (χ2v) is 3.01. The Kier molecular flexibility index (Phi) is 2.65. The van der Waals surface area contributed by atoms with Crippen molar-refractivity contribution >= 4 is 18.0 Å². The largest absolute Gasteiger partial charge is 0.298 e. The molecule has 0 saturated carbocycles. The maximum Gasteiger partial charge on any atom is 0.151 e. The van der Waals surface area contributed by atoms with Gasteiger partial charge in [0.05, 0.1) is 5.03 Å². The first-order chi connectivity index (χ1) is 5.27. The molecule has 0 bridgehead atoms. The van der Waals surface area contributed by atoms with Gasteiger partial charge in [0, 0.05) is 11.8 Å². The van der Waals surface area contributed by atoms with Gasteiger partial charge < -0.3 is 0 Å². The fraction of sp³-hybridized carbons (Fsp3) is 0.250. The second kappa shape index (κ2) is 3.53. The lowest BCUT2D eigenvalue weighted by Gasteiger charge is -1.99. The van der Waals surface area contributed by atoms with Crippen molar-refractivity contribution in [3.8, 4) is 0 Å². The van der Waals surface area contributed by atoms with Crippen LogP contribution in [0.25, 0.3) is 0 Å². The molecule has 11 heavy (non-hydrogen) atoms. The molecule has 0 aliphatic heterocycles. The van der Waals surface area contributed by atoms with Crippen molar-refractivity contribution < 1.29 is 4.79 Å². The number of carbonyl (C=O) groups excluding carboxylic acids is 1. The van der Waals surface area contributed by atoms with Crippen LogP contribution in [0.3, 0.4) is 0 Å². The van der Waals surface area contributed by atoms with E-state index >= 15 is 0 Å². The normalized spacial score (nSPS) is 9.64. The van der Waals surface area contributed by atoms with Gasteiger partial charge in [-0.15, -0.1) is 11.8 Å². The highest BCUT2D eigenvalue weighted by atomic mass is 32.2. The van der Waals surface area contributed by atoms with Crippen LogP contribution in [0.4, 0.5) is 0 Å². The van der Waals surface area contributed by atoms with E-state index in [1.165, 1.54) is 0 Å². The molecule has 1 aromatic heterocycles. The molecule has 0 spiro atoms. The van der Waals surface area contributed by atoms with Gasteiger partial charge in [0.25, 0.3) is 0 Å². The minimum atomic E-state index is 0.639. The maximum absolute atomic E-state index is 10.3. The number of rotatable bonds is 2. The average Bonchev–Trinajstić information content (AvgIpc) is 2.04. The zero-order valence-corrected chi connectivity index (χ0v) is 7.31. The Balaban J connectivity index is 3.09. The summed E-state index contributed by atoms with van der Waals surface area (Å²) < 4.78 is 0. The monoisotopic (exact) mass is 167 g/mol. The highest BCUT2D eigenvalue weighted by Gasteiger charge is 1.98. The summed E-state index contributed by atoms with van der Waals surface area (Å²) in [6.45, 7) is 1.95. The summed E-state index contributed by atoms with van der Waals surface area (Å²) in [5.74, 6) is 0. The molecule has 0 radical (unpaired) electrons. The van der Waals surface area contributed by atoms with E-state index in [-0.39, 0.29) is 0 Å². The van der Waals surface area contributed by atoms with Gasteiger partial charge in [0.15, 0.2) is 6.29 Å². The number of hydrogen-bond donors (Lipinski definition) is 0. The van der Waals surface area contributed by atoms with E-state index in [9.17, 15) is 4.79 Å². The smallest absolute Gasteiger partial charge is 0.151 e. The molecule has 0 aromatic carbocycles. The Bertz CT molecular complexity index is 273. The molecule has 0 saturated heterocycles. The first-order valence-corrected chi connectivity index (χ1v) is 4.46. The molecule has 1 aromatic rings. The van der Waals surface area contributed by atoms with Gasteiger partial charge in [-0.2, -0.15) is 0 Å². The van der Waals surface area contributed by atoms with Gasteiger partial charge >= 0.3 is 0 Å². The molecule has 0 N–H and O–H groups in total. The van der Waals surface area contributed by atoms with E-state index < -0.39 is 0 Å². The van der Waals surface area contributed by atoms with Gasteiger partial charge in [0.1, 0.15) is 0 Å². The number of thioether (sulfide) groups is 1. The van der Waals surface area contributed by atoms with Gasteiger partial charge in [-0.05, 0) is 24.8 Å². The van der Waals surface area contributed by atoms with Crippen molar-refractivity contribution in [1.29, 1.82) is 0 Å². The summed E-state index contributed by atoms with van der Waals surface area (Å²) in [5.41, 5.74) is 1.70. The number of pyridine rings is 1. The van der Waals surface area contributed by atoms with Crippen LogP contribution in [0.15, 0.2) is 17.3 Å². The van der Waals surface area contributed by atoms with Crippen molar-refractivity contribution in [3.05, 3.63) is 23.4 Å². The molecule has 0 amide bonds. The fourth-order valence-corrected chi connectivity index (χ4v) is 1.40. The average molecular weight is 167 g/mol. The zero-order valence-electron chi connectivity index (χ0n) is 6.50. The van der Waals surface area contributed by atoms with Crippen molar-refractivity contribution in [2.24, 2.45) is 0 Å². The summed E-state index contributed by atoms with van der Waals surface area (Å²) in [6, 6.07) is 1.84. The summed E-state index contributed by atoms with van der Waals surface area (Å²) in [7, 11) is 0. The quantitative estimate of drug-likeness (QED) is 0.498. The van der Waals surface area contributed by atoms with E-state index in [1.807, 2.05) is 19.2 Å². The summed E-state index contributed by atoms with van der Waals surface area (Å²) in [5, 5.41) is 0.982. The van der Waals surface area contributed by atoms with E-state index in [0.717, 1.165) is 16.9 Å². The van der Waals surface area contributed by atoms with Gasteiger partial charge in [-0.1, -0.05) is 0 Å². The summed E-state index contributed by atoms with van der Waals surface area (Å²) in [6.07, 6.45) is 4.37. The van der Waals surface area contributed by atoms with Crippen molar-refractivity contribution in [1.82, 2.24) is 4.98 Å². The molecule has 3 heteroatoms. The van der Waals surface area contributed by atoms with Crippen LogP contribution in [0.5, 0.6) is 0 Å². The molecule has 0 unspecified atom stereocenters. The Morgan fingerprint density at radius 1 is 1.64 bits per heavy atom. The Morgan fingerprint density at radius 2 is 2.36 bits per heavy atom. The first-order valence-electron chi connectivity index (χ1n) is 3.23. The molecule has 0 aliphatic rings. The van der Waals surface area contributed by atoms with Crippen LogP contribution in [0, 0.1) is 6.92 Å². The standard InChI is InChI=1S/C8H9NOS/c1-6-3-7(5-10)4-9-8(6)11-2/h3-5H,1-2H3. The molecule has 0 fully saturated rings. The van der Waals surface area contributed by atoms with Crippen molar-refractivity contribution in [2.45, 2.75) is 11.9 Å². The van der Waals surface area contributed by atoms with Crippen molar-refractivity contribution in [2.75, 3.05) is 6.26 Å². The van der Waals surface area contributed by atoms with Gasteiger partial charge in [-0.25, -0.2) is 4.98 Å². The lowest BCUT2D eigenvalue weighted by molar-refractivity contribution is 0.112. The van der Waals surface area contributed by atoms with Crippen LogP contribution in [-0.4, -0.2) is 17.5 Å². The Labute approximate surface area is 70.0 Å². The number of aromatic nitrogens is 1. The van der Waals surface area contributed by atoms with E-state index in [0.29, 0.717) is 5.56 Å². The third-order valence-corrected chi connectivity index (χ3v) is 2.19. The van der Waals surface area contributed by atoms with Crippen molar-refractivity contribution in [3.63, 3.8) is 0 Å². The third-order valence-electron chi connectivity index (χ3n) is 1.38. The molecule has 0 aliphatic carbocycles. The van der Waals surface area contributed by atoms with Crippen LogP contribution < -0.4 is 0 Å². The predicted molar refractivity (Wildman–Crippen MR) is 46.1 cm³/mol. The van der Waals surface area contributed by atoms with Gasteiger partial charge in [0.2, 0.25) is 0 Å². The van der Waals surface area contributed by atoms with E-state index in [2.05, 4.69) is 4.98 Å². The number of nitrogens with zero attached hydrogens (tertiary/aromatic N) is 1. The minimum Gasteiger partial charge on any atom is -0.298 e. The molecular weight excluding hydrogens is 158 g/mol. The number of aryl methyl sites for hydroxylation is 1. The molecule has 2 nitrogen and oxygen atoms in total. The lowest BCUT2D eigenvalue weighted by atomic mass is 10.2. The molecule has 1 heterocycles. The number of aldehydes is 1. The molecule has 58 valence electrons. The van der Waals surface area contributed by atoms with Gasteiger partial charge in [-0.3, -0.25) is 4.79 Å².